The number of rotatable bonds is 10. The minimum Gasteiger partial charge on any atom is -0.456 e. The number of hydrogen-bond donors (Lipinski definition) is 0. The summed E-state index contributed by atoms with van der Waals surface area (Å²) >= 11 is 1.90. The van der Waals surface area contributed by atoms with Gasteiger partial charge in [0, 0.05) is 104 Å². The van der Waals surface area contributed by atoms with E-state index < -0.39 is 0 Å². The average molecular weight is 1560 g/mol. The number of anilines is 9. The third kappa shape index (κ3) is 10.5. The molecule has 6 bridgehead atoms. The lowest BCUT2D eigenvalue weighted by molar-refractivity contribution is 0.327. The molecule has 578 valence electrons. The monoisotopic (exact) mass is 1560 g/mol. The Kier molecular flexibility index (Phi) is 16.2. The van der Waals surface area contributed by atoms with E-state index in [1.807, 2.05) is 17.4 Å². The largest absolute Gasteiger partial charge is 0.456 e. The molecule has 9 atom stereocenters. The predicted octanol–water partition coefficient (Wildman–Crippen LogP) is 31.8. The zero-order chi connectivity index (χ0) is 78.8. The molecule has 3 spiro atoms. The van der Waals surface area contributed by atoms with E-state index in [0.717, 1.165) is 68.8 Å². The second-order valence-electron chi connectivity index (χ2n) is 36.0. The van der Waals surface area contributed by atoms with Crippen molar-refractivity contribution in [2.24, 2.45) is 35.5 Å². The maximum atomic E-state index is 6.35. The maximum absolute atomic E-state index is 6.35. The number of thiophene rings is 1. The van der Waals surface area contributed by atoms with Crippen molar-refractivity contribution in [2.45, 2.75) is 93.3 Å². The fourth-order valence-corrected chi connectivity index (χ4v) is 27.0. The third-order valence-corrected chi connectivity index (χ3v) is 31.6. The molecule has 27 rings (SSSR count). The van der Waals surface area contributed by atoms with E-state index in [1.54, 1.807) is 33.4 Å². The highest BCUT2D eigenvalue weighted by atomic mass is 32.1. The van der Waals surface area contributed by atoms with Crippen LogP contribution in [0.2, 0.25) is 0 Å². The highest BCUT2D eigenvalue weighted by Gasteiger charge is 2.60. The fraction of sp³-hybridized carbons (Fsp3) is 0.183. The van der Waals surface area contributed by atoms with Crippen molar-refractivity contribution < 1.29 is 4.42 Å². The molecule has 4 nitrogen and oxygen atoms in total. The molecule has 0 saturated heterocycles. The van der Waals surface area contributed by atoms with Gasteiger partial charge in [-0.3, -0.25) is 0 Å². The van der Waals surface area contributed by atoms with E-state index in [9.17, 15) is 0 Å². The van der Waals surface area contributed by atoms with E-state index in [2.05, 4.69) is 379 Å². The van der Waals surface area contributed by atoms with Crippen molar-refractivity contribution in [3.8, 4) is 44.5 Å². The second kappa shape index (κ2) is 27.6. The molecule has 16 aromatic carbocycles. The van der Waals surface area contributed by atoms with Gasteiger partial charge >= 0.3 is 0 Å². The molecule has 2 aromatic heterocycles. The first kappa shape index (κ1) is 70.2. The molecule has 6 fully saturated rings. The Morgan fingerprint density at radius 3 is 1.13 bits per heavy atom. The maximum Gasteiger partial charge on any atom is 0.137 e. The van der Waals surface area contributed by atoms with Gasteiger partial charge in [0.2, 0.25) is 0 Å². The van der Waals surface area contributed by atoms with Gasteiger partial charge in [-0.15, -0.1) is 11.3 Å². The van der Waals surface area contributed by atoms with Gasteiger partial charge in [0.1, 0.15) is 11.2 Å². The molecular weight excluding hydrogens is 1470 g/mol. The van der Waals surface area contributed by atoms with Crippen LogP contribution >= 0.6 is 11.3 Å². The molecular formula is C115H91N3OS. The molecule has 2 heterocycles. The number of fused-ring (bicyclic) bond motifs is 31. The summed E-state index contributed by atoms with van der Waals surface area (Å²) in [6.07, 6.45) is 16.4. The van der Waals surface area contributed by atoms with Crippen LogP contribution in [-0.2, 0) is 16.2 Å². The summed E-state index contributed by atoms with van der Waals surface area (Å²) in [5, 5.41) is 7.56. The Balaban J connectivity index is 0.000000100. The van der Waals surface area contributed by atoms with E-state index in [1.165, 1.54) is 192 Å². The van der Waals surface area contributed by atoms with Crippen molar-refractivity contribution in [1.29, 1.82) is 0 Å². The Bertz CT molecular complexity index is 7100. The summed E-state index contributed by atoms with van der Waals surface area (Å²) in [6, 6.07) is 137. The van der Waals surface area contributed by atoms with Crippen molar-refractivity contribution in [3.05, 3.63) is 403 Å². The molecule has 9 unspecified atom stereocenters. The summed E-state index contributed by atoms with van der Waals surface area (Å²) in [4.78, 5) is 7.41. The van der Waals surface area contributed by atoms with Crippen LogP contribution in [0, 0.1) is 35.5 Å². The normalized spacial score (nSPS) is 22.2. The molecule has 0 amide bonds. The quantitative estimate of drug-likeness (QED) is 0.136. The molecule has 0 radical (unpaired) electrons. The second-order valence-corrected chi connectivity index (χ2v) is 37.1. The lowest BCUT2D eigenvalue weighted by Crippen LogP contribution is -2.31. The summed E-state index contributed by atoms with van der Waals surface area (Å²) in [7, 11) is 0. The molecule has 120 heavy (non-hydrogen) atoms. The average Bonchev–Trinajstić information content (AvgIpc) is 1.53. The first-order chi connectivity index (χ1) is 59.4. The van der Waals surface area contributed by atoms with Gasteiger partial charge in [0.15, 0.2) is 0 Å². The molecule has 0 aliphatic heterocycles. The van der Waals surface area contributed by atoms with E-state index in [-0.39, 0.29) is 16.2 Å². The van der Waals surface area contributed by atoms with E-state index >= 15 is 0 Å². The van der Waals surface area contributed by atoms with Crippen LogP contribution in [0.4, 0.5) is 51.2 Å². The summed E-state index contributed by atoms with van der Waals surface area (Å²) < 4.78 is 9.05. The Labute approximate surface area is 706 Å². The smallest absolute Gasteiger partial charge is 0.137 e. The van der Waals surface area contributed by atoms with E-state index in [4.69, 9.17) is 4.42 Å². The van der Waals surface area contributed by atoms with E-state index in [0.29, 0.717) is 0 Å². The lowest BCUT2D eigenvalue weighted by atomic mass is 9.67. The van der Waals surface area contributed by atoms with Crippen LogP contribution in [0.5, 0.6) is 0 Å². The highest BCUT2D eigenvalue weighted by molar-refractivity contribution is 7.26. The molecule has 6 saturated carbocycles. The standard InChI is InChI=1S/C43H33NS.C37H29NO.C35H29N/c1-2-10-31(11-3-1)44(32-24-21-29(22-25-32)33-14-8-15-35-34-12-5-7-19-40(34)45-42(33)35)39-18-9-17-38-41(39)36-13-4-6-16-37(36)43(38)27-28-20-23-30(43)26-28;1-2-9-26(10-3-1)38(27-19-20-29-28-11-5-7-16-34(28)39-35(29)22-27)33-15-8-14-32-36(33)30-12-4-6-13-31(30)37(32)23-24-17-18-25(37)21-24;1-2-11-28(12-3-1)36(29-20-18-25-9-4-5-10-26(25)22-29)33-16-8-15-32-34(33)30-13-6-7-14-31(30)35(32)23-24-17-19-27(35)21-24/h1-19,21-22,24-25,28,30H,20,23,26-27H2;1-16,19-20,22,24-25H,17-18,21,23H2;1-16,18,20,22,24,27H,17,19,21,23H2. The van der Waals surface area contributed by atoms with Gasteiger partial charge in [-0.2, -0.15) is 0 Å². The van der Waals surface area contributed by atoms with Crippen LogP contribution in [0.3, 0.4) is 0 Å². The van der Waals surface area contributed by atoms with Crippen molar-refractivity contribution in [1.82, 2.24) is 0 Å². The zero-order valence-corrected chi connectivity index (χ0v) is 68.1. The SMILES string of the molecule is c1ccc(N(c2ccc(-c3cccc4c3sc3ccccc34)cc2)c2cccc3c2-c2ccccc2C32CC3CCC2C3)cc1.c1ccc(N(c2ccc3c(c2)oc2ccccc23)c2cccc3c2-c2ccccc2C32CC3CCC2C3)cc1.c1ccc(N(c2ccc3ccccc3c2)c2cccc3c2-c2ccccc2C32CC3CCC2C3)cc1. The third-order valence-electron chi connectivity index (χ3n) is 30.4. The highest BCUT2D eigenvalue weighted by Crippen LogP contribution is 2.71. The number of furan rings is 1. The van der Waals surface area contributed by atoms with Gasteiger partial charge in [-0.25, -0.2) is 0 Å². The van der Waals surface area contributed by atoms with Gasteiger partial charge in [0.05, 0.1) is 17.1 Å². The molecule has 9 aliphatic carbocycles. The number of hydrogen-bond acceptors (Lipinski definition) is 5. The number of para-hydroxylation sites is 4. The van der Waals surface area contributed by atoms with Gasteiger partial charge in [0.25, 0.3) is 0 Å². The summed E-state index contributed by atoms with van der Waals surface area (Å²) in [6.45, 7) is 0. The van der Waals surface area contributed by atoms with Crippen LogP contribution in [0.15, 0.2) is 374 Å². The number of nitrogens with zero attached hydrogens (tertiary/aromatic N) is 3. The molecule has 9 aliphatic rings. The first-order valence-electron chi connectivity index (χ1n) is 44.1. The minimum absolute atomic E-state index is 0.163. The Morgan fingerprint density at radius 2 is 0.633 bits per heavy atom. The lowest BCUT2D eigenvalue weighted by Gasteiger charge is -2.37. The van der Waals surface area contributed by atoms with Crippen LogP contribution in [0.25, 0.3) is 97.4 Å². The Hall–Kier alpha value is -12.8. The molecule has 18 aromatic rings. The molecule has 5 heteroatoms. The van der Waals surface area contributed by atoms with Crippen LogP contribution in [-0.4, -0.2) is 0 Å². The first-order valence-corrected chi connectivity index (χ1v) is 44.9. The zero-order valence-electron chi connectivity index (χ0n) is 67.3. The topological polar surface area (TPSA) is 22.9 Å². The fourth-order valence-electron chi connectivity index (χ4n) is 25.8. The Morgan fingerprint density at radius 1 is 0.258 bits per heavy atom. The van der Waals surface area contributed by atoms with Crippen LogP contribution in [0.1, 0.15) is 110 Å². The van der Waals surface area contributed by atoms with Gasteiger partial charge in [-0.1, -0.05) is 280 Å². The van der Waals surface area contributed by atoms with Gasteiger partial charge in [-0.05, 0) is 268 Å². The number of benzene rings is 16. The van der Waals surface area contributed by atoms with Crippen molar-refractivity contribution >= 4 is 115 Å². The molecule has 0 N–H and O–H groups in total. The summed E-state index contributed by atoms with van der Waals surface area (Å²) in [5.74, 6) is 4.87. The predicted molar refractivity (Wildman–Crippen MR) is 501 cm³/mol. The van der Waals surface area contributed by atoms with Crippen molar-refractivity contribution in [2.75, 3.05) is 14.7 Å². The summed E-state index contributed by atoms with van der Waals surface area (Å²) in [5.41, 5.74) is 33.8. The van der Waals surface area contributed by atoms with Crippen molar-refractivity contribution in [3.63, 3.8) is 0 Å². The van der Waals surface area contributed by atoms with Crippen LogP contribution < -0.4 is 14.7 Å². The van der Waals surface area contributed by atoms with Gasteiger partial charge < -0.3 is 19.1 Å². The minimum atomic E-state index is 0.163.